The summed E-state index contributed by atoms with van der Waals surface area (Å²) in [5.41, 5.74) is 0. The zero-order valence-electron chi connectivity index (χ0n) is 11.3. The van der Waals surface area contributed by atoms with Crippen molar-refractivity contribution in [3.63, 3.8) is 0 Å². The number of hydrogen-bond acceptors (Lipinski definition) is 5. The quantitative estimate of drug-likeness (QED) is 0.603. The Hall–Kier alpha value is -0.670. The minimum atomic E-state index is -3.58. The van der Waals surface area contributed by atoms with Gasteiger partial charge in [0, 0.05) is 12.3 Å². The highest BCUT2D eigenvalue weighted by Gasteiger charge is 2.26. The van der Waals surface area contributed by atoms with Crippen LogP contribution in [0.3, 0.4) is 0 Å². The molecule has 1 atom stereocenters. The van der Waals surface area contributed by atoms with Gasteiger partial charge in [0.15, 0.2) is 9.84 Å². The molecule has 0 amide bonds. The monoisotopic (exact) mass is 315 g/mol. The minimum absolute atomic E-state index is 0.0971. The third-order valence-corrected chi connectivity index (χ3v) is 5.85. The Balaban J connectivity index is 4.68. The summed E-state index contributed by atoms with van der Waals surface area (Å²) in [5.74, 6) is -3.56. The van der Waals surface area contributed by atoms with E-state index in [1.807, 2.05) is 0 Å². The lowest BCUT2D eigenvalue weighted by atomic mass is 10.2. The molecule has 0 aliphatic heterocycles. The average Bonchev–Trinajstić information content (AvgIpc) is 2.22. The van der Waals surface area contributed by atoms with E-state index in [1.165, 1.54) is 6.92 Å². The summed E-state index contributed by atoms with van der Waals surface area (Å²) < 4.78 is 48.0. The average molecular weight is 315 g/mol. The molecule has 0 aliphatic rings. The number of sulfone groups is 1. The molecule has 114 valence electrons. The van der Waals surface area contributed by atoms with Gasteiger partial charge in [0.05, 0.1) is 17.4 Å². The highest BCUT2D eigenvalue weighted by atomic mass is 32.2. The summed E-state index contributed by atoms with van der Waals surface area (Å²) >= 11 is 0. The minimum Gasteiger partial charge on any atom is -0.481 e. The predicted octanol–water partition coefficient (Wildman–Crippen LogP) is -0.303. The molecule has 0 rings (SSSR count). The summed E-state index contributed by atoms with van der Waals surface area (Å²) in [7, 11) is -7.05. The molecule has 0 saturated heterocycles. The molecule has 0 spiro atoms. The van der Waals surface area contributed by atoms with Gasteiger partial charge in [-0.3, -0.25) is 4.79 Å². The molecule has 0 saturated carbocycles. The van der Waals surface area contributed by atoms with Gasteiger partial charge in [-0.1, -0.05) is 20.8 Å². The molecular weight excluding hydrogens is 294 g/mol. The van der Waals surface area contributed by atoms with E-state index < -0.39 is 44.0 Å². The van der Waals surface area contributed by atoms with E-state index in [2.05, 4.69) is 4.72 Å². The van der Waals surface area contributed by atoms with E-state index in [0.717, 1.165) is 0 Å². The van der Waals surface area contributed by atoms with E-state index >= 15 is 0 Å². The molecule has 0 aromatic rings. The van der Waals surface area contributed by atoms with Crippen molar-refractivity contribution in [2.24, 2.45) is 11.8 Å². The van der Waals surface area contributed by atoms with Crippen LogP contribution in [0, 0.1) is 11.8 Å². The van der Waals surface area contributed by atoms with Crippen LogP contribution < -0.4 is 4.72 Å². The van der Waals surface area contributed by atoms with E-state index in [-0.39, 0.29) is 17.4 Å². The van der Waals surface area contributed by atoms with Crippen LogP contribution in [0.1, 0.15) is 20.8 Å². The van der Waals surface area contributed by atoms with Crippen LogP contribution in [0.15, 0.2) is 0 Å². The summed E-state index contributed by atoms with van der Waals surface area (Å²) in [5, 5.41) is 8.91. The topological polar surface area (TPSA) is 118 Å². The molecule has 0 heterocycles. The highest BCUT2D eigenvalue weighted by molar-refractivity contribution is 7.91. The van der Waals surface area contributed by atoms with Crippen LogP contribution in [-0.4, -0.2) is 51.7 Å². The van der Waals surface area contributed by atoms with Crippen LogP contribution >= 0.6 is 0 Å². The van der Waals surface area contributed by atoms with Crippen molar-refractivity contribution < 1.29 is 26.7 Å². The molecule has 2 N–H and O–H groups in total. The van der Waals surface area contributed by atoms with Gasteiger partial charge in [0.25, 0.3) is 0 Å². The summed E-state index contributed by atoms with van der Waals surface area (Å²) in [6, 6.07) is 0. The van der Waals surface area contributed by atoms with Crippen LogP contribution in [-0.2, 0) is 24.7 Å². The third-order valence-electron chi connectivity index (χ3n) is 2.35. The Bertz CT molecular complexity index is 494. The van der Waals surface area contributed by atoms with Gasteiger partial charge < -0.3 is 5.11 Å². The third kappa shape index (κ3) is 8.17. The molecule has 0 aliphatic carbocycles. The number of carboxylic acids is 1. The molecule has 9 heteroatoms. The van der Waals surface area contributed by atoms with Crippen molar-refractivity contribution in [3.05, 3.63) is 0 Å². The fourth-order valence-electron chi connectivity index (χ4n) is 1.37. The highest BCUT2D eigenvalue weighted by Crippen LogP contribution is 2.05. The maximum atomic E-state index is 11.5. The maximum absolute atomic E-state index is 11.5. The Morgan fingerprint density at radius 1 is 1.16 bits per heavy atom. The smallest absolute Gasteiger partial charge is 0.308 e. The van der Waals surface area contributed by atoms with Crippen molar-refractivity contribution in [1.29, 1.82) is 0 Å². The first-order valence-corrected chi connectivity index (χ1v) is 9.37. The summed E-state index contributed by atoms with van der Waals surface area (Å²) in [4.78, 5) is 10.9. The normalized spacial score (nSPS) is 14.5. The standard InChI is InChI=1S/C10H21NO6S2/c1-4-18(14,15)7-9(10(12)13)5-11-19(16,17)6-8(2)3/h8-9,11H,4-7H2,1-3H3,(H,12,13). The van der Waals surface area contributed by atoms with Gasteiger partial charge in [0.2, 0.25) is 10.0 Å². The summed E-state index contributed by atoms with van der Waals surface area (Å²) in [6.07, 6.45) is 0. The van der Waals surface area contributed by atoms with Gasteiger partial charge in [-0.15, -0.1) is 0 Å². The number of nitrogens with one attached hydrogen (secondary N) is 1. The zero-order chi connectivity index (χ0) is 15.3. The SMILES string of the molecule is CCS(=O)(=O)CC(CNS(=O)(=O)CC(C)C)C(=O)O. The zero-order valence-corrected chi connectivity index (χ0v) is 12.9. The van der Waals surface area contributed by atoms with Gasteiger partial charge in [-0.25, -0.2) is 21.6 Å². The number of rotatable bonds is 9. The summed E-state index contributed by atoms with van der Waals surface area (Å²) in [6.45, 7) is 4.44. The fourth-order valence-corrected chi connectivity index (χ4v) is 3.93. The second-order valence-electron chi connectivity index (χ2n) is 4.76. The van der Waals surface area contributed by atoms with E-state index in [0.29, 0.717) is 0 Å². The second-order valence-corrected chi connectivity index (χ2v) is 9.01. The first-order valence-electron chi connectivity index (χ1n) is 5.89. The van der Waals surface area contributed by atoms with Crippen molar-refractivity contribution in [1.82, 2.24) is 4.72 Å². The van der Waals surface area contributed by atoms with Gasteiger partial charge in [-0.05, 0) is 5.92 Å². The Morgan fingerprint density at radius 2 is 1.68 bits per heavy atom. The Morgan fingerprint density at radius 3 is 2.05 bits per heavy atom. The maximum Gasteiger partial charge on any atom is 0.308 e. The number of sulfonamides is 1. The lowest BCUT2D eigenvalue weighted by Gasteiger charge is -2.14. The Kier molecular flexibility index (Phi) is 6.95. The van der Waals surface area contributed by atoms with E-state index in [4.69, 9.17) is 5.11 Å². The van der Waals surface area contributed by atoms with Crippen LogP contribution in [0.25, 0.3) is 0 Å². The lowest BCUT2D eigenvalue weighted by Crippen LogP contribution is -2.38. The van der Waals surface area contributed by atoms with E-state index in [9.17, 15) is 21.6 Å². The molecule has 0 aromatic carbocycles. The molecule has 19 heavy (non-hydrogen) atoms. The van der Waals surface area contributed by atoms with E-state index in [1.54, 1.807) is 13.8 Å². The Labute approximate surface area is 114 Å². The number of carboxylic acid groups (broad SMARTS) is 1. The van der Waals surface area contributed by atoms with Crippen molar-refractivity contribution in [2.45, 2.75) is 20.8 Å². The predicted molar refractivity (Wildman–Crippen MR) is 72.1 cm³/mol. The van der Waals surface area contributed by atoms with Gasteiger partial charge >= 0.3 is 5.97 Å². The molecule has 1 unspecified atom stereocenters. The number of aliphatic carboxylic acids is 1. The van der Waals surface area contributed by atoms with Crippen LogP contribution in [0.2, 0.25) is 0 Å². The molecule has 7 nitrogen and oxygen atoms in total. The molecule has 0 radical (unpaired) electrons. The van der Waals surface area contributed by atoms with Crippen LogP contribution in [0.5, 0.6) is 0 Å². The van der Waals surface area contributed by atoms with Gasteiger partial charge in [0.1, 0.15) is 0 Å². The van der Waals surface area contributed by atoms with Crippen LogP contribution in [0.4, 0.5) is 0 Å². The number of carbonyl (C=O) groups is 1. The van der Waals surface area contributed by atoms with Crippen molar-refractivity contribution >= 4 is 25.8 Å². The first-order chi connectivity index (χ1) is 8.49. The second kappa shape index (κ2) is 7.20. The first kappa shape index (κ1) is 18.3. The molecule has 0 bridgehead atoms. The van der Waals surface area contributed by atoms with Crippen molar-refractivity contribution in [3.8, 4) is 0 Å². The lowest BCUT2D eigenvalue weighted by molar-refractivity contribution is -0.140. The van der Waals surface area contributed by atoms with Gasteiger partial charge in [-0.2, -0.15) is 0 Å². The number of hydrogen-bond donors (Lipinski definition) is 2. The molecular formula is C10H21NO6S2. The molecule has 0 aromatic heterocycles. The molecule has 0 fully saturated rings. The fraction of sp³-hybridized carbons (Fsp3) is 0.900. The largest absolute Gasteiger partial charge is 0.481 e. The van der Waals surface area contributed by atoms with Crippen molar-refractivity contribution in [2.75, 3.05) is 23.8 Å².